The first-order valence-electron chi connectivity index (χ1n) is 12.1. The third-order valence-corrected chi connectivity index (χ3v) is 6.43. The van der Waals surface area contributed by atoms with Gasteiger partial charge in [-0.2, -0.15) is 0 Å². The minimum atomic E-state index is 0.789. The van der Waals surface area contributed by atoms with Gasteiger partial charge < -0.3 is 9.64 Å². The molecule has 4 rings (SSSR count). The van der Waals surface area contributed by atoms with E-state index < -0.39 is 0 Å². The van der Waals surface area contributed by atoms with Gasteiger partial charge in [-0.05, 0) is 61.0 Å². The molecule has 0 N–H and O–H groups in total. The molecule has 4 aromatic rings. The molecule has 1 aromatic heterocycles. The second kappa shape index (κ2) is 11.1. The Balaban J connectivity index is 1.60. The zero-order valence-electron chi connectivity index (χ0n) is 20.7. The summed E-state index contributed by atoms with van der Waals surface area (Å²) in [6.45, 7) is 9.60. The highest BCUT2D eigenvalue weighted by atomic mass is 16.5. The van der Waals surface area contributed by atoms with Crippen LogP contribution in [0.5, 0.6) is 5.75 Å². The third kappa shape index (κ3) is 5.54. The molecule has 0 aliphatic carbocycles. The quantitative estimate of drug-likeness (QED) is 0.307. The number of hydrogen-bond acceptors (Lipinski definition) is 4. The number of likely N-dealkylation sites (N-methyl/N-ethyl adjacent to an activating group) is 1. The number of nitrogens with zero attached hydrogens (tertiary/aromatic N) is 4. The van der Waals surface area contributed by atoms with Crippen LogP contribution in [-0.4, -0.2) is 46.6 Å². The summed E-state index contributed by atoms with van der Waals surface area (Å²) in [6, 6.07) is 25.5. The SMILES string of the molecule is CCN(CC)CCc1nnn(-c2ccc(C)cc2)c1Cc1ccc(-c2ccc(OC)cc2)cc1. The number of benzene rings is 3. The van der Waals surface area contributed by atoms with Crippen molar-refractivity contribution in [3.8, 4) is 22.6 Å². The topological polar surface area (TPSA) is 43.2 Å². The molecule has 176 valence electrons. The van der Waals surface area contributed by atoms with Gasteiger partial charge in [-0.3, -0.25) is 0 Å². The van der Waals surface area contributed by atoms with Crippen LogP contribution in [0.15, 0.2) is 72.8 Å². The van der Waals surface area contributed by atoms with E-state index in [1.54, 1.807) is 7.11 Å². The molecule has 34 heavy (non-hydrogen) atoms. The highest BCUT2D eigenvalue weighted by molar-refractivity contribution is 5.64. The van der Waals surface area contributed by atoms with Crippen molar-refractivity contribution in [2.24, 2.45) is 0 Å². The maximum Gasteiger partial charge on any atom is 0.118 e. The van der Waals surface area contributed by atoms with Gasteiger partial charge in [-0.1, -0.05) is 73.2 Å². The summed E-state index contributed by atoms with van der Waals surface area (Å²) in [5.74, 6) is 0.870. The van der Waals surface area contributed by atoms with Crippen molar-refractivity contribution in [2.45, 2.75) is 33.6 Å². The molecule has 0 saturated carbocycles. The number of rotatable bonds is 10. The standard InChI is InChI=1S/C29H34N4O/c1-5-32(6-2)20-19-28-29(33(31-30-28)26-15-7-22(3)8-16-26)21-23-9-11-24(12-10-23)25-13-17-27(34-4)18-14-25/h7-18H,5-6,19-21H2,1-4H3. The van der Waals surface area contributed by atoms with Gasteiger partial charge in [0.2, 0.25) is 0 Å². The van der Waals surface area contributed by atoms with Crippen molar-refractivity contribution in [1.82, 2.24) is 19.9 Å². The number of aryl methyl sites for hydroxylation is 1. The van der Waals surface area contributed by atoms with E-state index in [9.17, 15) is 0 Å². The Morgan fingerprint density at radius 1 is 0.824 bits per heavy atom. The van der Waals surface area contributed by atoms with Crippen LogP contribution in [0.1, 0.15) is 36.4 Å². The second-order valence-corrected chi connectivity index (χ2v) is 8.61. The molecule has 5 nitrogen and oxygen atoms in total. The first kappa shape index (κ1) is 23.7. The Labute approximate surface area is 203 Å². The largest absolute Gasteiger partial charge is 0.497 e. The molecule has 0 aliphatic rings. The van der Waals surface area contributed by atoms with Crippen LogP contribution in [0.2, 0.25) is 0 Å². The lowest BCUT2D eigenvalue weighted by Gasteiger charge is -2.17. The van der Waals surface area contributed by atoms with Crippen LogP contribution in [0.3, 0.4) is 0 Å². The van der Waals surface area contributed by atoms with E-state index in [0.717, 1.165) is 55.3 Å². The summed E-state index contributed by atoms with van der Waals surface area (Å²) in [6.07, 6.45) is 1.68. The smallest absolute Gasteiger partial charge is 0.118 e. The fourth-order valence-corrected chi connectivity index (χ4v) is 4.19. The van der Waals surface area contributed by atoms with Crippen molar-refractivity contribution in [3.05, 3.63) is 95.3 Å². The van der Waals surface area contributed by atoms with Crippen molar-refractivity contribution in [1.29, 1.82) is 0 Å². The van der Waals surface area contributed by atoms with E-state index in [1.165, 1.54) is 22.3 Å². The zero-order valence-corrected chi connectivity index (χ0v) is 20.7. The van der Waals surface area contributed by atoms with Crippen molar-refractivity contribution in [3.63, 3.8) is 0 Å². The summed E-state index contributed by atoms with van der Waals surface area (Å²) in [4.78, 5) is 2.43. The van der Waals surface area contributed by atoms with Crippen LogP contribution in [-0.2, 0) is 12.8 Å². The molecule has 3 aromatic carbocycles. The van der Waals surface area contributed by atoms with E-state index in [-0.39, 0.29) is 0 Å². The van der Waals surface area contributed by atoms with Gasteiger partial charge in [0.05, 0.1) is 24.2 Å². The van der Waals surface area contributed by atoms with Gasteiger partial charge >= 0.3 is 0 Å². The predicted octanol–water partition coefficient (Wildman–Crippen LogP) is 5.73. The van der Waals surface area contributed by atoms with Gasteiger partial charge in [0.25, 0.3) is 0 Å². The Morgan fingerprint density at radius 3 is 2.03 bits per heavy atom. The summed E-state index contributed by atoms with van der Waals surface area (Å²) in [7, 11) is 1.69. The maximum absolute atomic E-state index is 5.28. The van der Waals surface area contributed by atoms with Gasteiger partial charge in [0.15, 0.2) is 0 Å². The predicted molar refractivity (Wildman–Crippen MR) is 139 cm³/mol. The average Bonchev–Trinajstić information content (AvgIpc) is 3.28. The molecule has 0 bridgehead atoms. The van der Waals surface area contributed by atoms with E-state index in [2.05, 4.69) is 96.6 Å². The Kier molecular flexibility index (Phi) is 7.76. The molecule has 0 radical (unpaired) electrons. The van der Waals surface area contributed by atoms with Crippen LogP contribution in [0.4, 0.5) is 0 Å². The summed E-state index contributed by atoms with van der Waals surface area (Å²) >= 11 is 0. The van der Waals surface area contributed by atoms with E-state index >= 15 is 0 Å². The molecule has 5 heteroatoms. The monoisotopic (exact) mass is 454 g/mol. The molecule has 0 spiro atoms. The van der Waals surface area contributed by atoms with E-state index in [4.69, 9.17) is 4.74 Å². The fourth-order valence-electron chi connectivity index (χ4n) is 4.19. The van der Waals surface area contributed by atoms with Crippen molar-refractivity contribution < 1.29 is 4.74 Å². The van der Waals surface area contributed by atoms with Gasteiger partial charge in [-0.15, -0.1) is 5.10 Å². The summed E-state index contributed by atoms with van der Waals surface area (Å²) in [5, 5.41) is 9.17. The van der Waals surface area contributed by atoms with Gasteiger partial charge in [-0.25, -0.2) is 4.68 Å². The molecule has 0 saturated heterocycles. The minimum Gasteiger partial charge on any atom is -0.497 e. The second-order valence-electron chi connectivity index (χ2n) is 8.61. The molecule has 0 atom stereocenters. The lowest BCUT2D eigenvalue weighted by Crippen LogP contribution is -2.25. The van der Waals surface area contributed by atoms with Crippen LogP contribution < -0.4 is 4.74 Å². The molecule has 1 heterocycles. The lowest BCUT2D eigenvalue weighted by molar-refractivity contribution is 0.306. The number of hydrogen-bond donors (Lipinski definition) is 0. The molecule has 0 amide bonds. The zero-order chi connectivity index (χ0) is 23.9. The minimum absolute atomic E-state index is 0.789. The normalized spacial score (nSPS) is 11.2. The summed E-state index contributed by atoms with van der Waals surface area (Å²) < 4.78 is 7.29. The van der Waals surface area contributed by atoms with Crippen LogP contribution in [0.25, 0.3) is 16.8 Å². The summed E-state index contributed by atoms with van der Waals surface area (Å²) in [5.41, 5.74) is 8.15. The highest BCUT2D eigenvalue weighted by Gasteiger charge is 2.16. The first-order chi connectivity index (χ1) is 16.6. The molecule has 0 aliphatic heterocycles. The van der Waals surface area contributed by atoms with E-state index in [1.807, 2.05) is 16.8 Å². The number of ether oxygens (including phenoxy) is 1. The Bertz CT molecular complexity index is 1170. The van der Waals surface area contributed by atoms with Crippen LogP contribution in [0, 0.1) is 6.92 Å². The first-order valence-corrected chi connectivity index (χ1v) is 12.1. The lowest BCUT2D eigenvalue weighted by atomic mass is 10.0. The molecular weight excluding hydrogens is 420 g/mol. The van der Waals surface area contributed by atoms with Gasteiger partial charge in [0, 0.05) is 19.4 Å². The Hall–Kier alpha value is -3.44. The third-order valence-electron chi connectivity index (χ3n) is 6.43. The van der Waals surface area contributed by atoms with Crippen molar-refractivity contribution >= 4 is 0 Å². The molecule has 0 fully saturated rings. The van der Waals surface area contributed by atoms with Gasteiger partial charge in [0.1, 0.15) is 5.75 Å². The van der Waals surface area contributed by atoms with Crippen LogP contribution >= 0.6 is 0 Å². The van der Waals surface area contributed by atoms with E-state index in [0.29, 0.717) is 0 Å². The van der Waals surface area contributed by atoms with Crippen molar-refractivity contribution in [2.75, 3.05) is 26.7 Å². The fraction of sp³-hybridized carbons (Fsp3) is 0.310. The average molecular weight is 455 g/mol. The molecule has 0 unspecified atom stereocenters. The maximum atomic E-state index is 5.28. The Morgan fingerprint density at radius 2 is 1.44 bits per heavy atom. The molecular formula is C29H34N4O. The highest BCUT2D eigenvalue weighted by Crippen LogP contribution is 2.24. The number of aromatic nitrogens is 3. The number of methoxy groups -OCH3 is 1.